The van der Waals surface area contributed by atoms with Crippen LogP contribution in [0.5, 0.6) is 0 Å². The number of hydrogen-bond donors (Lipinski definition) is 0. The third-order valence-corrected chi connectivity index (χ3v) is 12.9. The third-order valence-electron chi connectivity index (χ3n) is 6.98. The Morgan fingerprint density at radius 2 is 1.59 bits per heavy atom. The summed E-state index contributed by atoms with van der Waals surface area (Å²) in [6.45, 7) is 9.13. The van der Waals surface area contributed by atoms with E-state index >= 15 is 0 Å². The van der Waals surface area contributed by atoms with E-state index in [1.807, 2.05) is 28.8 Å². The zero-order valence-corrected chi connectivity index (χ0v) is 17.7. The Morgan fingerprint density at radius 3 is 2.30 bits per heavy atom. The Kier molecular flexibility index (Phi) is 4.34. The van der Waals surface area contributed by atoms with Crippen LogP contribution in [0.3, 0.4) is 0 Å². The summed E-state index contributed by atoms with van der Waals surface area (Å²) in [7, 11) is -1.51. The second-order valence-electron chi connectivity index (χ2n) is 8.18. The predicted octanol–water partition coefficient (Wildman–Crippen LogP) is 6.12. The Morgan fingerprint density at radius 1 is 0.963 bits per heavy atom. The van der Waals surface area contributed by atoms with Gasteiger partial charge in [-0.2, -0.15) is 0 Å². The van der Waals surface area contributed by atoms with Gasteiger partial charge in [0.05, 0.1) is 24.5 Å². The average Bonchev–Trinajstić information content (AvgIpc) is 3.10. The van der Waals surface area contributed by atoms with Gasteiger partial charge < -0.3 is 0 Å². The monoisotopic (exact) mass is 376 g/mol. The van der Waals surface area contributed by atoms with E-state index in [9.17, 15) is 4.79 Å². The molecule has 4 rings (SSSR count). The molecule has 3 nitrogen and oxygen atoms in total. The molecule has 1 aliphatic rings. The molecule has 2 aromatic carbocycles. The summed E-state index contributed by atoms with van der Waals surface area (Å²) in [6, 6.07) is 21.1. The summed E-state index contributed by atoms with van der Waals surface area (Å²) in [5, 5.41) is 0. The van der Waals surface area contributed by atoms with Crippen LogP contribution < -0.4 is 0 Å². The first-order valence-electron chi connectivity index (χ1n) is 10.1. The molecule has 0 fully saturated rings. The largest absolute Gasteiger partial charge is 0.273 e. The van der Waals surface area contributed by atoms with Crippen LogP contribution in [0.15, 0.2) is 48.5 Å². The second kappa shape index (κ2) is 6.45. The van der Waals surface area contributed by atoms with E-state index < -0.39 is 13.5 Å². The van der Waals surface area contributed by atoms with Crippen molar-refractivity contribution in [3.63, 3.8) is 0 Å². The van der Waals surface area contributed by atoms with Gasteiger partial charge in [0, 0.05) is 5.56 Å². The molecular formula is C23H28N2OSi. The van der Waals surface area contributed by atoms with Gasteiger partial charge >= 0.3 is 0 Å². The molecule has 1 aliphatic heterocycles. The number of nitrogens with zero attached hydrogens (tertiary/aromatic N) is 2. The zero-order chi connectivity index (χ0) is 19.2. The van der Waals surface area contributed by atoms with Crippen molar-refractivity contribution in [1.82, 2.24) is 9.55 Å². The SMILES string of the molecule is CC[Si](CC)(CC)CC1(C)C(=O)n2c(nc3ccccc32)-c2ccccc21. The molecule has 1 atom stereocenters. The van der Waals surface area contributed by atoms with E-state index in [1.54, 1.807) is 0 Å². The fraction of sp³-hybridized carbons (Fsp3) is 0.391. The van der Waals surface area contributed by atoms with Gasteiger partial charge in [0.2, 0.25) is 5.91 Å². The molecule has 3 aromatic rings. The number of fused-ring (bicyclic) bond motifs is 5. The smallest absolute Gasteiger partial charge is 0.242 e. The minimum atomic E-state index is -1.51. The van der Waals surface area contributed by atoms with E-state index in [2.05, 4.69) is 52.0 Å². The van der Waals surface area contributed by atoms with E-state index in [-0.39, 0.29) is 5.91 Å². The molecule has 2 heterocycles. The van der Waals surface area contributed by atoms with Crippen LogP contribution in [-0.4, -0.2) is 23.5 Å². The third kappa shape index (κ3) is 2.53. The highest BCUT2D eigenvalue weighted by Crippen LogP contribution is 2.47. The molecule has 27 heavy (non-hydrogen) atoms. The van der Waals surface area contributed by atoms with E-state index in [1.165, 1.54) is 18.1 Å². The second-order valence-corrected chi connectivity index (χ2v) is 13.7. The van der Waals surface area contributed by atoms with Crippen molar-refractivity contribution < 1.29 is 4.79 Å². The van der Waals surface area contributed by atoms with Crippen LogP contribution in [0.2, 0.25) is 24.2 Å². The van der Waals surface area contributed by atoms with Crippen molar-refractivity contribution in [1.29, 1.82) is 0 Å². The van der Waals surface area contributed by atoms with Gasteiger partial charge in [0.1, 0.15) is 5.82 Å². The van der Waals surface area contributed by atoms with Crippen LogP contribution in [0.25, 0.3) is 22.4 Å². The Balaban J connectivity index is 1.99. The minimum Gasteiger partial charge on any atom is -0.273 e. The molecule has 0 spiro atoms. The number of para-hydroxylation sites is 2. The van der Waals surface area contributed by atoms with Gasteiger partial charge in [-0.15, -0.1) is 0 Å². The zero-order valence-electron chi connectivity index (χ0n) is 16.7. The molecule has 0 aliphatic carbocycles. The molecule has 1 aromatic heterocycles. The number of imidazole rings is 1. The number of benzene rings is 2. The summed E-state index contributed by atoms with van der Waals surface area (Å²) < 4.78 is 1.89. The van der Waals surface area contributed by atoms with Crippen LogP contribution in [0.1, 0.15) is 38.1 Å². The molecule has 0 amide bonds. The number of rotatable bonds is 5. The molecule has 0 bridgehead atoms. The molecule has 4 heteroatoms. The van der Waals surface area contributed by atoms with Crippen molar-refractivity contribution in [2.24, 2.45) is 0 Å². The van der Waals surface area contributed by atoms with E-state index in [4.69, 9.17) is 4.98 Å². The topological polar surface area (TPSA) is 34.9 Å². The average molecular weight is 377 g/mol. The van der Waals surface area contributed by atoms with Crippen molar-refractivity contribution in [2.75, 3.05) is 0 Å². The van der Waals surface area contributed by atoms with Crippen molar-refractivity contribution in [2.45, 2.75) is 57.3 Å². The van der Waals surface area contributed by atoms with Crippen molar-refractivity contribution in [3.05, 3.63) is 54.1 Å². The highest BCUT2D eigenvalue weighted by Gasteiger charge is 2.48. The molecule has 0 saturated heterocycles. The maximum atomic E-state index is 13.9. The van der Waals surface area contributed by atoms with Gasteiger partial charge in [-0.05, 0) is 30.7 Å². The summed E-state index contributed by atoms with van der Waals surface area (Å²) in [5.74, 6) is 0.989. The number of carbonyl (C=O) groups excluding carboxylic acids is 1. The molecule has 1 unspecified atom stereocenters. The molecular weight excluding hydrogens is 348 g/mol. The van der Waals surface area contributed by atoms with E-state index in [0.29, 0.717) is 0 Å². The van der Waals surface area contributed by atoms with Crippen LogP contribution in [-0.2, 0) is 5.41 Å². The van der Waals surface area contributed by atoms with Crippen molar-refractivity contribution >= 4 is 25.0 Å². The summed E-state index contributed by atoms with van der Waals surface area (Å²) in [6.07, 6.45) is 0. The molecule has 140 valence electrons. The molecule has 0 radical (unpaired) electrons. The van der Waals surface area contributed by atoms with Crippen LogP contribution >= 0.6 is 0 Å². The van der Waals surface area contributed by atoms with Gasteiger partial charge in [0.15, 0.2) is 0 Å². The Hall–Kier alpha value is -2.20. The highest BCUT2D eigenvalue weighted by atomic mass is 28.3. The first-order chi connectivity index (χ1) is 13.0. The van der Waals surface area contributed by atoms with Gasteiger partial charge in [-0.3, -0.25) is 9.36 Å². The normalized spacial score (nSPS) is 19.2. The quantitative estimate of drug-likeness (QED) is 0.503. The van der Waals surface area contributed by atoms with E-state index in [0.717, 1.165) is 34.0 Å². The lowest BCUT2D eigenvalue weighted by Crippen LogP contribution is -2.48. The van der Waals surface area contributed by atoms with Gasteiger partial charge in [0.25, 0.3) is 0 Å². The molecule has 0 saturated carbocycles. The van der Waals surface area contributed by atoms with Crippen LogP contribution in [0, 0.1) is 0 Å². The first kappa shape index (κ1) is 18.2. The van der Waals surface area contributed by atoms with Gasteiger partial charge in [-0.1, -0.05) is 75.3 Å². The lowest BCUT2D eigenvalue weighted by molar-refractivity contribution is 0.0822. The highest BCUT2D eigenvalue weighted by molar-refractivity contribution is 6.80. The predicted molar refractivity (Wildman–Crippen MR) is 115 cm³/mol. The summed E-state index contributed by atoms with van der Waals surface area (Å²) in [4.78, 5) is 18.8. The minimum absolute atomic E-state index is 0.192. The maximum absolute atomic E-state index is 13.9. The molecule has 0 N–H and O–H groups in total. The Labute approximate surface area is 162 Å². The summed E-state index contributed by atoms with van der Waals surface area (Å²) in [5.41, 5.74) is 3.60. The first-order valence-corrected chi connectivity index (χ1v) is 12.9. The summed E-state index contributed by atoms with van der Waals surface area (Å²) >= 11 is 0. The lowest BCUT2D eigenvalue weighted by Gasteiger charge is -2.41. The number of carbonyl (C=O) groups is 1. The standard InChI is InChI=1S/C23H28N2OSi/c1-5-27(6-2,7-3)16-23(4)18-13-9-8-12-17(18)21-24-19-14-10-11-15-20(19)25(21)22(23)26/h8-15H,5-7,16H2,1-4H3. The van der Waals surface area contributed by atoms with Crippen LogP contribution in [0.4, 0.5) is 0 Å². The fourth-order valence-corrected chi connectivity index (χ4v) is 9.07. The van der Waals surface area contributed by atoms with Gasteiger partial charge in [-0.25, -0.2) is 4.98 Å². The fourth-order valence-electron chi connectivity index (χ4n) is 4.98. The Bertz CT molecular complexity index is 1010. The van der Waals surface area contributed by atoms with Crippen molar-refractivity contribution in [3.8, 4) is 11.4 Å². The number of aromatic nitrogens is 2. The maximum Gasteiger partial charge on any atom is 0.242 e. The number of hydrogen-bond acceptors (Lipinski definition) is 2. The lowest BCUT2D eigenvalue weighted by atomic mass is 9.78.